The Morgan fingerprint density at radius 2 is 2.33 bits per heavy atom. The van der Waals surface area contributed by atoms with E-state index < -0.39 is 0 Å². The van der Waals surface area contributed by atoms with Gasteiger partial charge in [0, 0.05) is 7.05 Å². The zero-order valence-corrected chi connectivity index (χ0v) is 6.16. The minimum atomic E-state index is -0.160. The fourth-order valence-corrected chi connectivity index (χ4v) is 1.47. The Hall–Kier alpha value is -0.510. The zero-order valence-electron chi connectivity index (χ0n) is 5.34. The highest BCUT2D eigenvalue weighted by Crippen LogP contribution is 2.23. The van der Waals surface area contributed by atoms with E-state index in [4.69, 9.17) is 5.41 Å². The molecule has 9 heavy (non-hydrogen) atoms. The minimum Gasteiger partial charge on any atom is -0.328 e. The molecule has 0 bridgehead atoms. The molecule has 3 nitrogen and oxygen atoms in total. The first kappa shape index (κ1) is 6.61. The third-order valence-corrected chi connectivity index (χ3v) is 2.42. The Morgan fingerprint density at radius 3 is 2.44 bits per heavy atom. The average molecular weight is 144 g/mol. The van der Waals surface area contributed by atoms with E-state index >= 15 is 0 Å². The van der Waals surface area contributed by atoms with E-state index in [1.165, 1.54) is 11.8 Å². The number of rotatable bonds is 0. The van der Waals surface area contributed by atoms with Gasteiger partial charge in [0.1, 0.15) is 0 Å². The van der Waals surface area contributed by atoms with Gasteiger partial charge in [0.25, 0.3) is 5.91 Å². The summed E-state index contributed by atoms with van der Waals surface area (Å²) in [5, 5.41) is 7.39. The summed E-state index contributed by atoms with van der Waals surface area (Å²) in [5.74, 6) is -0.160. The molecule has 0 saturated carbocycles. The second-order valence-corrected chi connectivity index (χ2v) is 3.29. The van der Waals surface area contributed by atoms with Crippen LogP contribution in [-0.4, -0.2) is 28.3 Å². The molecule has 1 aliphatic rings. The summed E-state index contributed by atoms with van der Waals surface area (Å²) in [6.07, 6.45) is 0. The van der Waals surface area contributed by atoms with Gasteiger partial charge in [0.05, 0.1) is 5.37 Å². The molecule has 0 radical (unpaired) electrons. The monoisotopic (exact) mass is 144 g/mol. The lowest BCUT2D eigenvalue weighted by Gasteiger charge is -2.10. The second kappa shape index (κ2) is 2.02. The van der Waals surface area contributed by atoms with Gasteiger partial charge in [-0.15, -0.1) is 0 Å². The molecule has 1 saturated heterocycles. The number of hydrogen-bond donors (Lipinski definition) is 1. The maximum atomic E-state index is 10.8. The van der Waals surface area contributed by atoms with Crippen molar-refractivity contribution in [1.29, 1.82) is 5.41 Å². The van der Waals surface area contributed by atoms with Crippen molar-refractivity contribution in [2.24, 2.45) is 0 Å². The van der Waals surface area contributed by atoms with Crippen molar-refractivity contribution in [3.63, 3.8) is 0 Å². The highest BCUT2D eigenvalue weighted by atomic mass is 32.2. The summed E-state index contributed by atoms with van der Waals surface area (Å²) in [6, 6.07) is 0. The van der Waals surface area contributed by atoms with Crippen LogP contribution in [0, 0.1) is 5.41 Å². The van der Waals surface area contributed by atoms with Crippen LogP contribution in [0.4, 0.5) is 0 Å². The molecule has 0 aromatic carbocycles. The summed E-state index contributed by atoms with van der Waals surface area (Å²) < 4.78 is 0. The first-order chi connectivity index (χ1) is 4.13. The molecular formula is C5H8N2OS. The summed E-state index contributed by atoms with van der Waals surface area (Å²) in [6.45, 7) is 1.91. The van der Waals surface area contributed by atoms with Crippen LogP contribution < -0.4 is 0 Å². The molecule has 0 aliphatic carbocycles. The fraction of sp³-hybridized carbons (Fsp3) is 0.600. The number of carbonyl (C=O) groups excluding carboxylic acids is 1. The number of hydrogen-bond acceptors (Lipinski definition) is 3. The summed E-state index contributed by atoms with van der Waals surface area (Å²) in [7, 11) is 1.71. The van der Waals surface area contributed by atoms with Crippen LogP contribution in [0.2, 0.25) is 0 Å². The van der Waals surface area contributed by atoms with Crippen LogP contribution in [0.1, 0.15) is 6.92 Å². The maximum Gasteiger partial charge on any atom is 0.279 e. The topological polar surface area (TPSA) is 44.2 Å². The number of thioether (sulfide) groups is 1. The molecule has 1 heterocycles. The van der Waals surface area contributed by atoms with Gasteiger partial charge in [0.15, 0.2) is 5.04 Å². The first-order valence-electron chi connectivity index (χ1n) is 2.65. The van der Waals surface area contributed by atoms with Crippen molar-refractivity contribution in [3.8, 4) is 0 Å². The molecule has 1 unspecified atom stereocenters. The SMILES string of the molecule is CC1SC(=N)C(=O)N1C. The third-order valence-electron chi connectivity index (χ3n) is 1.35. The lowest BCUT2D eigenvalue weighted by Crippen LogP contribution is -2.26. The fourth-order valence-electron chi connectivity index (χ4n) is 0.625. The second-order valence-electron chi connectivity index (χ2n) is 1.96. The third kappa shape index (κ3) is 0.941. The van der Waals surface area contributed by atoms with E-state index in [1.807, 2.05) is 6.92 Å². The molecule has 0 aromatic rings. The van der Waals surface area contributed by atoms with Gasteiger partial charge in [-0.25, -0.2) is 0 Å². The average Bonchev–Trinajstić information content (AvgIpc) is 1.98. The van der Waals surface area contributed by atoms with E-state index in [2.05, 4.69) is 0 Å². The molecule has 0 aromatic heterocycles. The van der Waals surface area contributed by atoms with Crippen LogP contribution in [0.15, 0.2) is 0 Å². The molecule has 1 aliphatic heterocycles. The molecule has 0 spiro atoms. The maximum absolute atomic E-state index is 10.8. The lowest BCUT2D eigenvalue weighted by molar-refractivity contribution is -0.122. The predicted molar refractivity (Wildman–Crippen MR) is 37.5 cm³/mol. The van der Waals surface area contributed by atoms with Crippen molar-refractivity contribution < 1.29 is 4.79 Å². The highest BCUT2D eigenvalue weighted by Gasteiger charge is 2.29. The number of nitrogens with zero attached hydrogens (tertiary/aromatic N) is 1. The van der Waals surface area contributed by atoms with Crippen molar-refractivity contribution in [2.75, 3.05) is 7.05 Å². The molecule has 1 N–H and O–H groups in total. The standard InChI is InChI=1S/C5H8N2OS/c1-3-7(2)5(8)4(6)9-3/h3,6H,1-2H3. The summed E-state index contributed by atoms with van der Waals surface area (Å²) >= 11 is 1.30. The Kier molecular flexibility index (Phi) is 1.48. The largest absolute Gasteiger partial charge is 0.328 e. The van der Waals surface area contributed by atoms with Crippen LogP contribution in [0.3, 0.4) is 0 Å². The number of nitrogens with one attached hydrogen (secondary N) is 1. The van der Waals surface area contributed by atoms with E-state index in [0.29, 0.717) is 0 Å². The van der Waals surface area contributed by atoms with Crippen molar-refractivity contribution in [1.82, 2.24) is 4.90 Å². The molecule has 4 heteroatoms. The van der Waals surface area contributed by atoms with Crippen molar-refractivity contribution >= 4 is 22.7 Å². The van der Waals surface area contributed by atoms with Gasteiger partial charge in [-0.2, -0.15) is 0 Å². The molecule has 1 amide bonds. The number of carbonyl (C=O) groups is 1. The van der Waals surface area contributed by atoms with Gasteiger partial charge < -0.3 is 4.90 Å². The van der Waals surface area contributed by atoms with Gasteiger partial charge in [0.2, 0.25) is 0 Å². The highest BCUT2D eigenvalue weighted by molar-refractivity contribution is 8.16. The Balaban J connectivity index is 2.77. The molecule has 1 fully saturated rings. The zero-order chi connectivity index (χ0) is 7.02. The van der Waals surface area contributed by atoms with E-state index in [1.54, 1.807) is 11.9 Å². The van der Waals surface area contributed by atoms with Gasteiger partial charge in [-0.05, 0) is 6.92 Å². The first-order valence-corrected chi connectivity index (χ1v) is 3.53. The van der Waals surface area contributed by atoms with Crippen LogP contribution in [0.5, 0.6) is 0 Å². The van der Waals surface area contributed by atoms with Crippen molar-refractivity contribution in [3.05, 3.63) is 0 Å². The molecular weight excluding hydrogens is 136 g/mol. The van der Waals surface area contributed by atoms with Crippen LogP contribution in [-0.2, 0) is 4.79 Å². The quantitative estimate of drug-likeness (QED) is 0.538. The Bertz CT molecular complexity index is 168. The minimum absolute atomic E-state index is 0.144. The number of amides is 1. The smallest absolute Gasteiger partial charge is 0.279 e. The van der Waals surface area contributed by atoms with E-state index in [0.717, 1.165) is 0 Å². The van der Waals surface area contributed by atoms with Gasteiger partial charge >= 0.3 is 0 Å². The van der Waals surface area contributed by atoms with E-state index in [9.17, 15) is 4.79 Å². The van der Waals surface area contributed by atoms with Crippen LogP contribution >= 0.6 is 11.8 Å². The molecule has 50 valence electrons. The van der Waals surface area contributed by atoms with Crippen LogP contribution in [0.25, 0.3) is 0 Å². The Morgan fingerprint density at radius 1 is 1.78 bits per heavy atom. The molecule has 1 atom stereocenters. The summed E-state index contributed by atoms with van der Waals surface area (Å²) in [5.41, 5.74) is 0. The normalized spacial score (nSPS) is 27.8. The lowest BCUT2D eigenvalue weighted by atomic mass is 10.5. The molecule has 1 rings (SSSR count). The summed E-state index contributed by atoms with van der Waals surface area (Å²) in [4.78, 5) is 12.4. The van der Waals surface area contributed by atoms with E-state index in [-0.39, 0.29) is 16.3 Å². The van der Waals surface area contributed by atoms with Gasteiger partial charge in [-0.3, -0.25) is 10.2 Å². The predicted octanol–water partition coefficient (Wildman–Crippen LogP) is 0.515. The Labute approximate surface area is 57.9 Å². The van der Waals surface area contributed by atoms with Crippen molar-refractivity contribution in [2.45, 2.75) is 12.3 Å². The van der Waals surface area contributed by atoms with Gasteiger partial charge in [-0.1, -0.05) is 11.8 Å².